The highest BCUT2D eigenvalue weighted by Gasteiger charge is 2.21. The van der Waals surface area contributed by atoms with Crippen LogP contribution in [0.5, 0.6) is 0 Å². The number of benzene rings is 1. The van der Waals surface area contributed by atoms with Crippen molar-refractivity contribution < 1.29 is 19.4 Å². The van der Waals surface area contributed by atoms with Crippen LogP contribution in [-0.2, 0) is 6.42 Å². The molecule has 0 unspecified atom stereocenters. The summed E-state index contributed by atoms with van der Waals surface area (Å²) in [6.07, 6.45) is 2.78. The summed E-state index contributed by atoms with van der Waals surface area (Å²) in [7, 11) is 0. The van der Waals surface area contributed by atoms with E-state index in [2.05, 4.69) is 4.98 Å². The lowest BCUT2D eigenvalue weighted by molar-refractivity contribution is 0.0694. The van der Waals surface area contributed by atoms with Crippen molar-refractivity contribution in [1.29, 1.82) is 0 Å². The smallest absolute Gasteiger partial charge is 0.341 e. The second-order valence-electron chi connectivity index (χ2n) is 7.16. The van der Waals surface area contributed by atoms with Gasteiger partial charge in [-0.05, 0) is 23.6 Å². The summed E-state index contributed by atoms with van der Waals surface area (Å²) in [6.45, 7) is 3.54. The number of pyridine rings is 2. The molecule has 0 aliphatic heterocycles. The molecule has 1 atom stereocenters. The Kier molecular flexibility index (Phi) is 6.00. The van der Waals surface area contributed by atoms with Gasteiger partial charge in [-0.25, -0.2) is 9.18 Å². The molecule has 2 N–H and O–H groups in total. The van der Waals surface area contributed by atoms with Crippen molar-refractivity contribution in [2.45, 2.75) is 26.3 Å². The molecule has 152 valence electrons. The maximum Gasteiger partial charge on any atom is 0.341 e. The lowest BCUT2D eigenvalue weighted by atomic mass is 10.0. The predicted octanol–water partition coefficient (Wildman–Crippen LogP) is 3.67. The number of hydrogen-bond acceptors (Lipinski definition) is 4. The normalized spacial score (nSPS) is 12.5. The van der Waals surface area contributed by atoms with E-state index in [1.165, 1.54) is 24.5 Å². The number of aromatic carboxylic acids is 1. The first-order valence-electron chi connectivity index (χ1n) is 9.05. The average Bonchev–Trinajstić information content (AvgIpc) is 2.67. The summed E-state index contributed by atoms with van der Waals surface area (Å²) in [5, 5.41) is 19.4. The van der Waals surface area contributed by atoms with Gasteiger partial charge in [0.05, 0.1) is 29.4 Å². The van der Waals surface area contributed by atoms with Gasteiger partial charge < -0.3 is 14.8 Å². The molecule has 3 aromatic rings. The molecule has 0 spiro atoms. The van der Waals surface area contributed by atoms with E-state index in [0.717, 1.165) is 0 Å². The first kappa shape index (κ1) is 21.0. The van der Waals surface area contributed by atoms with E-state index in [1.807, 2.05) is 13.8 Å². The molecule has 3 rings (SSSR count). The highest BCUT2D eigenvalue weighted by Crippen LogP contribution is 2.25. The van der Waals surface area contributed by atoms with Gasteiger partial charge in [-0.15, -0.1) is 0 Å². The van der Waals surface area contributed by atoms with E-state index in [9.17, 15) is 24.2 Å². The molecule has 0 radical (unpaired) electrons. The Morgan fingerprint density at radius 1 is 1.34 bits per heavy atom. The quantitative estimate of drug-likeness (QED) is 0.637. The number of aliphatic hydroxyl groups is 1. The molecule has 0 fully saturated rings. The summed E-state index contributed by atoms with van der Waals surface area (Å²) in [5.74, 6) is -1.94. The van der Waals surface area contributed by atoms with Gasteiger partial charge in [-0.1, -0.05) is 37.6 Å². The van der Waals surface area contributed by atoms with Gasteiger partial charge in [0, 0.05) is 23.7 Å². The van der Waals surface area contributed by atoms with Crippen LogP contribution >= 0.6 is 11.6 Å². The minimum Gasteiger partial charge on any atom is -0.477 e. The number of aliphatic hydroxyl groups excluding tert-OH is 1. The van der Waals surface area contributed by atoms with Crippen LogP contribution in [0.15, 0.2) is 41.5 Å². The molecule has 0 bridgehead atoms. The van der Waals surface area contributed by atoms with Crippen LogP contribution in [0.3, 0.4) is 0 Å². The number of aromatic nitrogens is 2. The van der Waals surface area contributed by atoms with Gasteiger partial charge in [0.25, 0.3) is 0 Å². The third-order valence-corrected chi connectivity index (χ3v) is 5.21. The topological polar surface area (TPSA) is 92.4 Å². The monoisotopic (exact) mass is 418 g/mol. The zero-order valence-corrected chi connectivity index (χ0v) is 16.7. The van der Waals surface area contributed by atoms with Crippen LogP contribution in [0.25, 0.3) is 10.9 Å². The lowest BCUT2D eigenvalue weighted by Crippen LogP contribution is -2.25. The summed E-state index contributed by atoms with van der Waals surface area (Å²) < 4.78 is 15.8. The van der Waals surface area contributed by atoms with Crippen molar-refractivity contribution in [2.75, 3.05) is 6.61 Å². The van der Waals surface area contributed by atoms with Crippen molar-refractivity contribution >= 4 is 28.5 Å². The zero-order chi connectivity index (χ0) is 21.3. The number of halogens is 2. The Hall–Kier alpha value is -2.77. The molecule has 0 aliphatic carbocycles. The van der Waals surface area contributed by atoms with E-state index < -0.39 is 28.8 Å². The van der Waals surface area contributed by atoms with E-state index in [1.54, 1.807) is 16.7 Å². The van der Waals surface area contributed by atoms with Crippen LogP contribution in [-0.4, -0.2) is 32.3 Å². The maximum atomic E-state index is 14.2. The molecule has 1 aromatic carbocycles. The SMILES string of the molecule is CC(C)[C@@H](CO)n1cc(C(=O)O)c(=O)c2cc(Cc3cccc(Cl)c3F)ncc21. The number of carboxylic acids is 1. The van der Waals surface area contributed by atoms with Crippen molar-refractivity contribution in [3.05, 3.63) is 74.5 Å². The van der Waals surface area contributed by atoms with Gasteiger partial charge >= 0.3 is 5.97 Å². The van der Waals surface area contributed by atoms with Crippen LogP contribution in [0.2, 0.25) is 5.02 Å². The largest absolute Gasteiger partial charge is 0.477 e. The highest BCUT2D eigenvalue weighted by atomic mass is 35.5. The van der Waals surface area contributed by atoms with E-state index >= 15 is 0 Å². The van der Waals surface area contributed by atoms with Gasteiger partial charge in [0.2, 0.25) is 5.43 Å². The van der Waals surface area contributed by atoms with Gasteiger partial charge in [0.15, 0.2) is 0 Å². The van der Waals surface area contributed by atoms with Crippen LogP contribution < -0.4 is 5.43 Å². The summed E-state index contributed by atoms with van der Waals surface area (Å²) in [4.78, 5) is 28.7. The van der Waals surface area contributed by atoms with E-state index in [-0.39, 0.29) is 29.4 Å². The lowest BCUT2D eigenvalue weighted by Gasteiger charge is -2.24. The Balaban J connectivity index is 2.21. The zero-order valence-electron chi connectivity index (χ0n) is 15.9. The molecular weight excluding hydrogens is 399 g/mol. The standard InChI is InChI=1S/C21H20ClFN2O4/c1-11(2)18(10-26)25-9-15(21(28)29)20(27)14-7-13(24-8-17(14)25)6-12-4-3-5-16(22)19(12)23/h3-5,7-9,11,18,26H,6,10H2,1-2H3,(H,28,29)/t18-/m1/s1. The third-order valence-electron chi connectivity index (χ3n) is 4.92. The van der Waals surface area contributed by atoms with Gasteiger partial charge in [0.1, 0.15) is 11.4 Å². The third kappa shape index (κ3) is 4.02. The van der Waals surface area contributed by atoms with Crippen molar-refractivity contribution in [3.63, 3.8) is 0 Å². The van der Waals surface area contributed by atoms with Crippen molar-refractivity contribution in [2.24, 2.45) is 5.92 Å². The van der Waals surface area contributed by atoms with Crippen LogP contribution in [0.1, 0.15) is 41.5 Å². The van der Waals surface area contributed by atoms with E-state index in [0.29, 0.717) is 16.8 Å². The maximum absolute atomic E-state index is 14.2. The number of fused-ring (bicyclic) bond motifs is 1. The molecule has 0 saturated carbocycles. The van der Waals surface area contributed by atoms with Crippen molar-refractivity contribution in [3.8, 4) is 0 Å². The summed E-state index contributed by atoms with van der Waals surface area (Å²) in [5.41, 5.74) is 0.0644. The Morgan fingerprint density at radius 2 is 2.07 bits per heavy atom. The Bertz CT molecular complexity index is 1140. The molecule has 6 nitrogen and oxygen atoms in total. The fourth-order valence-electron chi connectivity index (χ4n) is 3.31. The second kappa shape index (κ2) is 8.31. The number of hydrogen-bond donors (Lipinski definition) is 2. The number of nitrogens with zero attached hydrogens (tertiary/aromatic N) is 2. The molecule has 0 amide bonds. The number of rotatable bonds is 6. The molecule has 2 heterocycles. The van der Waals surface area contributed by atoms with Crippen LogP contribution in [0, 0.1) is 11.7 Å². The van der Waals surface area contributed by atoms with Crippen molar-refractivity contribution in [1.82, 2.24) is 9.55 Å². The number of carbonyl (C=O) groups is 1. The Morgan fingerprint density at radius 3 is 2.69 bits per heavy atom. The molecule has 0 saturated heterocycles. The molecular formula is C21H20ClFN2O4. The minimum atomic E-state index is -1.36. The van der Waals surface area contributed by atoms with Gasteiger partial charge in [-0.2, -0.15) is 0 Å². The molecule has 0 aliphatic rings. The molecule has 2 aromatic heterocycles. The van der Waals surface area contributed by atoms with Gasteiger partial charge in [-0.3, -0.25) is 9.78 Å². The summed E-state index contributed by atoms with van der Waals surface area (Å²) in [6, 6.07) is 5.66. The fraction of sp³-hybridized carbons (Fsp3) is 0.286. The van der Waals surface area contributed by atoms with Crippen LogP contribution in [0.4, 0.5) is 4.39 Å². The fourth-order valence-corrected chi connectivity index (χ4v) is 3.51. The highest BCUT2D eigenvalue weighted by molar-refractivity contribution is 6.30. The van der Waals surface area contributed by atoms with E-state index in [4.69, 9.17) is 11.6 Å². The number of carboxylic acid groups (broad SMARTS) is 1. The first-order chi connectivity index (χ1) is 13.7. The molecule has 8 heteroatoms. The predicted molar refractivity (Wildman–Crippen MR) is 108 cm³/mol. The minimum absolute atomic E-state index is 0.0125. The first-order valence-corrected chi connectivity index (χ1v) is 9.43. The second-order valence-corrected chi connectivity index (χ2v) is 7.57. The Labute approximate surface area is 171 Å². The average molecular weight is 419 g/mol. The summed E-state index contributed by atoms with van der Waals surface area (Å²) >= 11 is 5.82. The molecule has 29 heavy (non-hydrogen) atoms.